The Morgan fingerprint density at radius 3 is 1.73 bits per heavy atom. The Labute approximate surface area is 137 Å². The maximum Gasteiger partial charge on any atom is 0.305 e. The molecule has 0 spiro atoms. The summed E-state index contributed by atoms with van der Waals surface area (Å²) in [7, 11) is 1.46. The molecule has 0 saturated carbocycles. The molecule has 132 valence electrons. The summed E-state index contributed by atoms with van der Waals surface area (Å²) in [6.45, 7) is 2.27. The lowest BCUT2D eigenvalue weighted by molar-refractivity contribution is -0.140. The van der Waals surface area contributed by atoms with Crippen LogP contribution in [0.3, 0.4) is 0 Å². The Hall–Kier alpha value is -0.830. The van der Waals surface area contributed by atoms with E-state index in [1.165, 1.54) is 77.7 Å². The molecule has 0 unspecified atom stereocenters. The smallest absolute Gasteiger partial charge is 0.305 e. The van der Waals surface area contributed by atoms with Crippen molar-refractivity contribution in [2.24, 2.45) is 0 Å². The topological polar surface area (TPSA) is 57.8 Å². The van der Waals surface area contributed by atoms with Gasteiger partial charge in [-0.05, 0) is 32.1 Å². The van der Waals surface area contributed by atoms with Crippen molar-refractivity contribution in [1.82, 2.24) is 0 Å². The Morgan fingerprint density at radius 1 is 0.773 bits per heavy atom. The second-order valence-corrected chi connectivity index (χ2v) is 5.91. The lowest BCUT2D eigenvalue weighted by Gasteiger charge is -2.00. The van der Waals surface area contributed by atoms with Gasteiger partial charge in [0.05, 0.1) is 7.11 Å². The zero-order valence-electron chi connectivity index (χ0n) is 14.9. The Balaban J connectivity index is 0. The van der Waals surface area contributed by atoms with E-state index in [9.17, 15) is 4.79 Å². The van der Waals surface area contributed by atoms with Crippen LogP contribution in [0, 0.1) is 0 Å². The number of carbonyl (C=O) groups excluding carboxylic acids is 1. The molecule has 0 aromatic carbocycles. The van der Waals surface area contributed by atoms with Crippen molar-refractivity contribution in [1.29, 1.82) is 0 Å². The molecule has 0 bridgehead atoms. The van der Waals surface area contributed by atoms with Gasteiger partial charge in [0.15, 0.2) is 0 Å². The number of carbonyl (C=O) groups is 1. The minimum atomic E-state index is -0.0763. The molecule has 3 heteroatoms. The van der Waals surface area contributed by atoms with E-state index < -0.39 is 0 Å². The van der Waals surface area contributed by atoms with Crippen LogP contribution in [0.25, 0.3) is 0 Å². The van der Waals surface area contributed by atoms with Crippen molar-refractivity contribution >= 4 is 5.97 Å². The van der Waals surface area contributed by atoms with Crippen LogP contribution in [0.1, 0.15) is 96.8 Å². The van der Waals surface area contributed by atoms with Gasteiger partial charge >= 0.3 is 5.97 Å². The van der Waals surface area contributed by atoms with Gasteiger partial charge in [0.25, 0.3) is 0 Å². The summed E-state index contributed by atoms with van der Waals surface area (Å²) in [5.41, 5.74) is 0. The molecule has 0 atom stereocenters. The maximum atomic E-state index is 10.9. The Bertz CT molecular complexity index is 249. The summed E-state index contributed by atoms with van der Waals surface area (Å²) in [5.74, 6) is -0.0763. The zero-order chi connectivity index (χ0) is 15.6. The van der Waals surface area contributed by atoms with Crippen LogP contribution in [0.15, 0.2) is 12.2 Å². The summed E-state index contributed by atoms with van der Waals surface area (Å²) < 4.78 is 4.62. The second kappa shape index (κ2) is 20.2. The molecule has 2 N–H and O–H groups in total. The summed E-state index contributed by atoms with van der Waals surface area (Å²) in [4.78, 5) is 10.9. The van der Waals surface area contributed by atoms with Crippen LogP contribution < -0.4 is 0 Å². The third kappa shape index (κ3) is 19.2. The van der Waals surface area contributed by atoms with E-state index in [-0.39, 0.29) is 11.4 Å². The van der Waals surface area contributed by atoms with Gasteiger partial charge in [-0.1, -0.05) is 70.4 Å². The first kappa shape index (κ1) is 23.4. The van der Waals surface area contributed by atoms with Gasteiger partial charge in [-0.2, -0.15) is 0 Å². The zero-order valence-corrected chi connectivity index (χ0v) is 14.9. The molecule has 0 rings (SSSR count). The monoisotopic (exact) mass is 314 g/mol. The number of unbranched alkanes of at least 4 members (excludes halogenated alkanes) is 11. The van der Waals surface area contributed by atoms with Gasteiger partial charge in [0.2, 0.25) is 0 Å². The largest absolute Gasteiger partial charge is 0.469 e. The molecule has 0 aliphatic carbocycles. The first-order chi connectivity index (χ1) is 10.3. The summed E-state index contributed by atoms with van der Waals surface area (Å²) in [5, 5.41) is 0. The number of hydrogen-bond acceptors (Lipinski definition) is 2. The molecule has 22 heavy (non-hydrogen) atoms. The third-order valence-corrected chi connectivity index (χ3v) is 3.87. The van der Waals surface area contributed by atoms with Crippen molar-refractivity contribution in [2.45, 2.75) is 96.8 Å². The Kier molecular flexibility index (Phi) is 21.5. The fourth-order valence-corrected chi connectivity index (χ4v) is 2.44. The number of allylic oxidation sites excluding steroid dienone is 2. The average Bonchev–Trinajstić information content (AvgIpc) is 2.50. The molecular formula is C19H38O3. The summed E-state index contributed by atoms with van der Waals surface area (Å²) in [6.07, 6.45) is 22.0. The van der Waals surface area contributed by atoms with E-state index in [1.54, 1.807) is 0 Å². The molecule has 0 amide bonds. The number of methoxy groups -OCH3 is 1. The lowest BCUT2D eigenvalue weighted by Crippen LogP contribution is -1.98. The third-order valence-electron chi connectivity index (χ3n) is 3.87. The predicted octanol–water partition coefficient (Wildman–Crippen LogP) is 5.37. The molecular weight excluding hydrogens is 276 g/mol. The van der Waals surface area contributed by atoms with Crippen LogP contribution in [-0.2, 0) is 9.53 Å². The fraction of sp³-hybridized carbons (Fsp3) is 0.842. The van der Waals surface area contributed by atoms with Gasteiger partial charge in [-0.3, -0.25) is 4.79 Å². The fourth-order valence-electron chi connectivity index (χ4n) is 2.44. The van der Waals surface area contributed by atoms with Gasteiger partial charge in [0, 0.05) is 6.42 Å². The normalized spacial score (nSPS) is 10.6. The standard InChI is InChI=1S/C19H36O2.H2O/c1-3-4-5-6-7-8-9-10-11-12-13-14-15-16-17-18-19(20)21-2;/h10-11H,3-9,12-18H2,1-2H3;1H2/b11-10-;. The molecule has 0 aromatic heterocycles. The molecule has 0 aliphatic rings. The highest BCUT2D eigenvalue weighted by Gasteiger charge is 1.98. The van der Waals surface area contributed by atoms with E-state index in [0.717, 1.165) is 12.8 Å². The van der Waals surface area contributed by atoms with Crippen molar-refractivity contribution < 1.29 is 15.0 Å². The number of ether oxygens (including phenoxy) is 1. The SMILES string of the molecule is CCCCCCCC/C=C\CCCCCCCC(=O)OC.O. The molecule has 0 aliphatic heterocycles. The molecule has 0 fully saturated rings. The van der Waals surface area contributed by atoms with Gasteiger partial charge in [-0.15, -0.1) is 0 Å². The first-order valence-electron chi connectivity index (χ1n) is 9.03. The number of esters is 1. The molecule has 0 aromatic rings. The molecule has 0 heterocycles. The van der Waals surface area contributed by atoms with E-state index in [4.69, 9.17) is 0 Å². The number of hydrogen-bond donors (Lipinski definition) is 0. The van der Waals surface area contributed by atoms with Crippen LogP contribution in [0.4, 0.5) is 0 Å². The quantitative estimate of drug-likeness (QED) is 0.232. The van der Waals surface area contributed by atoms with Crippen LogP contribution in [0.5, 0.6) is 0 Å². The van der Waals surface area contributed by atoms with E-state index in [1.807, 2.05) is 0 Å². The van der Waals surface area contributed by atoms with Crippen molar-refractivity contribution in [3.8, 4) is 0 Å². The minimum Gasteiger partial charge on any atom is -0.469 e. The second-order valence-electron chi connectivity index (χ2n) is 5.91. The lowest BCUT2D eigenvalue weighted by atomic mass is 10.1. The van der Waals surface area contributed by atoms with E-state index in [2.05, 4.69) is 23.8 Å². The minimum absolute atomic E-state index is 0. The first-order valence-corrected chi connectivity index (χ1v) is 9.03. The molecule has 3 nitrogen and oxygen atoms in total. The van der Waals surface area contributed by atoms with E-state index in [0.29, 0.717) is 6.42 Å². The van der Waals surface area contributed by atoms with Crippen molar-refractivity contribution in [3.63, 3.8) is 0 Å². The van der Waals surface area contributed by atoms with Crippen LogP contribution >= 0.6 is 0 Å². The summed E-state index contributed by atoms with van der Waals surface area (Å²) in [6, 6.07) is 0. The Morgan fingerprint density at radius 2 is 1.23 bits per heavy atom. The van der Waals surface area contributed by atoms with Gasteiger partial charge in [0.1, 0.15) is 0 Å². The number of rotatable bonds is 15. The van der Waals surface area contributed by atoms with Crippen molar-refractivity contribution in [3.05, 3.63) is 12.2 Å². The van der Waals surface area contributed by atoms with Crippen LogP contribution in [0.2, 0.25) is 0 Å². The average molecular weight is 315 g/mol. The van der Waals surface area contributed by atoms with Crippen LogP contribution in [-0.4, -0.2) is 18.6 Å². The molecule has 0 radical (unpaired) electrons. The van der Waals surface area contributed by atoms with Crippen molar-refractivity contribution in [2.75, 3.05) is 7.11 Å². The summed E-state index contributed by atoms with van der Waals surface area (Å²) >= 11 is 0. The maximum absolute atomic E-state index is 10.9. The van der Waals surface area contributed by atoms with E-state index >= 15 is 0 Å². The highest BCUT2D eigenvalue weighted by atomic mass is 16.5. The van der Waals surface area contributed by atoms with Gasteiger partial charge < -0.3 is 10.2 Å². The highest BCUT2D eigenvalue weighted by molar-refractivity contribution is 5.68. The van der Waals surface area contributed by atoms with Gasteiger partial charge in [-0.25, -0.2) is 0 Å². The molecule has 0 saturated heterocycles. The highest BCUT2D eigenvalue weighted by Crippen LogP contribution is 2.10. The predicted molar refractivity (Wildman–Crippen MR) is 95.1 cm³/mol.